The van der Waals surface area contributed by atoms with Gasteiger partial charge in [-0.25, -0.2) is 8.42 Å². The van der Waals surface area contributed by atoms with Crippen LogP contribution in [0.3, 0.4) is 0 Å². The second-order valence-corrected chi connectivity index (χ2v) is 9.69. The maximum absolute atomic E-state index is 12.7. The Balaban J connectivity index is 0.00000363. The van der Waals surface area contributed by atoms with Crippen molar-refractivity contribution in [2.75, 3.05) is 53.4 Å². The molecule has 0 bridgehead atoms. The second kappa shape index (κ2) is 12.5. The molecule has 1 saturated heterocycles. The van der Waals surface area contributed by atoms with Gasteiger partial charge in [0.2, 0.25) is 10.0 Å². The van der Waals surface area contributed by atoms with Gasteiger partial charge in [-0.1, -0.05) is 35.5 Å². The molecule has 1 N–H and O–H groups in total. The highest BCUT2D eigenvalue weighted by atomic mass is 127. The van der Waals surface area contributed by atoms with Gasteiger partial charge in [-0.3, -0.25) is 4.99 Å². The number of rotatable bonds is 8. The summed E-state index contributed by atoms with van der Waals surface area (Å²) in [4.78, 5) is 9.17. The van der Waals surface area contributed by atoms with E-state index in [2.05, 4.69) is 46.5 Å². The smallest absolute Gasteiger partial charge is 0.220 e. The van der Waals surface area contributed by atoms with Crippen LogP contribution in [0.5, 0.6) is 0 Å². The van der Waals surface area contributed by atoms with E-state index in [1.807, 2.05) is 25.1 Å². The molecular weight excluding hydrogens is 543 g/mol. The number of halogens is 1. The molecule has 2 aromatic rings. The van der Waals surface area contributed by atoms with Gasteiger partial charge in [0.1, 0.15) is 12.0 Å². The van der Waals surface area contributed by atoms with E-state index in [1.54, 1.807) is 6.07 Å². The Hall–Kier alpha value is -1.70. The van der Waals surface area contributed by atoms with Crippen molar-refractivity contribution in [3.63, 3.8) is 0 Å². The predicted molar refractivity (Wildman–Crippen MR) is 137 cm³/mol. The zero-order valence-electron chi connectivity index (χ0n) is 18.8. The Morgan fingerprint density at radius 2 is 1.88 bits per heavy atom. The Morgan fingerprint density at radius 1 is 1.19 bits per heavy atom. The van der Waals surface area contributed by atoms with Gasteiger partial charge in [0.25, 0.3) is 0 Å². The van der Waals surface area contributed by atoms with Crippen LogP contribution in [0.15, 0.2) is 52.2 Å². The van der Waals surface area contributed by atoms with Crippen LogP contribution in [0, 0.1) is 0 Å². The summed E-state index contributed by atoms with van der Waals surface area (Å²) in [6.45, 7) is 5.41. The lowest BCUT2D eigenvalue weighted by molar-refractivity contribution is 0.257. The third-order valence-corrected chi connectivity index (χ3v) is 7.12. The number of hydrogen-bond donors (Lipinski definition) is 1. The van der Waals surface area contributed by atoms with E-state index in [1.165, 1.54) is 16.1 Å². The molecule has 1 aliphatic heterocycles. The maximum atomic E-state index is 12.7. The Labute approximate surface area is 207 Å². The fourth-order valence-electron chi connectivity index (χ4n) is 3.61. The van der Waals surface area contributed by atoms with Crippen molar-refractivity contribution in [2.24, 2.45) is 4.99 Å². The van der Waals surface area contributed by atoms with Gasteiger partial charge in [-0.05, 0) is 26.6 Å². The topological polar surface area (TPSA) is 94.3 Å². The molecule has 1 aromatic heterocycles. The van der Waals surface area contributed by atoms with Crippen molar-refractivity contribution in [3.05, 3.63) is 53.9 Å². The zero-order valence-corrected chi connectivity index (χ0v) is 22.0. The molecule has 9 nitrogen and oxygen atoms in total. The summed E-state index contributed by atoms with van der Waals surface area (Å²) in [6.07, 6.45) is 1.39. The fourth-order valence-corrected chi connectivity index (χ4v) is 5.03. The molecule has 1 aliphatic rings. The monoisotopic (exact) mass is 576 g/mol. The van der Waals surface area contributed by atoms with E-state index in [0.717, 1.165) is 12.5 Å². The number of piperazine rings is 1. The van der Waals surface area contributed by atoms with Crippen molar-refractivity contribution in [1.82, 2.24) is 24.6 Å². The second-order valence-electron chi connectivity index (χ2n) is 7.72. The molecule has 1 unspecified atom stereocenters. The average Bonchev–Trinajstić information content (AvgIpc) is 3.26. The first-order valence-corrected chi connectivity index (χ1v) is 12.1. The number of aromatic nitrogens is 1. The molecule has 2 heterocycles. The molecule has 0 saturated carbocycles. The molecule has 3 rings (SSSR count). The number of aliphatic imine (C=N–C) groups is 1. The van der Waals surface area contributed by atoms with Crippen molar-refractivity contribution in [3.8, 4) is 0 Å². The molecule has 1 atom stereocenters. The van der Waals surface area contributed by atoms with E-state index in [4.69, 9.17) is 9.52 Å². The summed E-state index contributed by atoms with van der Waals surface area (Å²) >= 11 is 0. The predicted octanol–water partition coefficient (Wildman–Crippen LogP) is 2.01. The molecule has 0 radical (unpaired) electrons. The van der Waals surface area contributed by atoms with Crippen molar-refractivity contribution in [2.45, 2.75) is 18.7 Å². The summed E-state index contributed by atoms with van der Waals surface area (Å²) in [5.74, 6) is 0.679. The van der Waals surface area contributed by atoms with Gasteiger partial charge >= 0.3 is 0 Å². The molecule has 0 spiro atoms. The minimum absolute atomic E-state index is 0. The van der Waals surface area contributed by atoms with Crippen LogP contribution in [0.1, 0.15) is 24.2 Å². The van der Waals surface area contributed by atoms with Crippen molar-refractivity contribution in [1.29, 1.82) is 0 Å². The van der Waals surface area contributed by atoms with Gasteiger partial charge in [-0.15, -0.1) is 24.0 Å². The van der Waals surface area contributed by atoms with E-state index in [9.17, 15) is 8.42 Å². The molecule has 1 aromatic carbocycles. The van der Waals surface area contributed by atoms with Crippen LogP contribution in [0.25, 0.3) is 0 Å². The minimum atomic E-state index is -3.42. The Morgan fingerprint density at radius 3 is 2.44 bits per heavy atom. The van der Waals surface area contributed by atoms with Crippen molar-refractivity contribution < 1.29 is 12.9 Å². The van der Waals surface area contributed by atoms with Gasteiger partial charge in [-0.2, -0.15) is 4.31 Å². The number of benzene rings is 1. The van der Waals surface area contributed by atoms with E-state index < -0.39 is 10.0 Å². The average molecular weight is 577 g/mol. The summed E-state index contributed by atoms with van der Waals surface area (Å²) < 4.78 is 31.6. The molecular formula is C21H33IN6O3S. The lowest BCUT2D eigenvalue weighted by atomic mass is 10.1. The highest BCUT2D eigenvalue weighted by Crippen LogP contribution is 2.19. The third kappa shape index (κ3) is 7.15. The molecule has 11 heteroatoms. The summed E-state index contributed by atoms with van der Waals surface area (Å²) in [7, 11) is 0.685. The SMILES string of the molecule is CCNC(=NCC(c1ccccc1)N(C)C)N1CCN(S(=O)(=O)Cc2ccon2)CC1.I. The summed E-state index contributed by atoms with van der Waals surface area (Å²) in [6, 6.07) is 12.1. The lowest BCUT2D eigenvalue weighted by Crippen LogP contribution is -2.54. The van der Waals surface area contributed by atoms with Crippen LogP contribution in [-0.4, -0.2) is 87.0 Å². The third-order valence-electron chi connectivity index (χ3n) is 5.31. The van der Waals surface area contributed by atoms with Crippen LogP contribution >= 0.6 is 24.0 Å². The normalized spacial score (nSPS) is 16.6. The zero-order chi connectivity index (χ0) is 22.3. The Kier molecular flexibility index (Phi) is 10.4. The fraction of sp³-hybridized carbons (Fsp3) is 0.524. The summed E-state index contributed by atoms with van der Waals surface area (Å²) in [5.41, 5.74) is 1.64. The molecule has 0 aliphatic carbocycles. The highest BCUT2D eigenvalue weighted by molar-refractivity contribution is 14.0. The maximum Gasteiger partial charge on any atom is 0.220 e. The minimum Gasteiger partial charge on any atom is -0.364 e. The Bertz CT molecular complexity index is 930. The first-order valence-electron chi connectivity index (χ1n) is 10.5. The van der Waals surface area contributed by atoms with Crippen molar-refractivity contribution >= 4 is 40.0 Å². The molecule has 178 valence electrons. The number of nitrogens with zero attached hydrogens (tertiary/aromatic N) is 5. The largest absolute Gasteiger partial charge is 0.364 e. The van der Waals surface area contributed by atoms with E-state index >= 15 is 0 Å². The number of hydrogen-bond acceptors (Lipinski definition) is 6. The van der Waals surface area contributed by atoms with Gasteiger partial charge in [0, 0.05) is 38.8 Å². The van der Waals surface area contributed by atoms with E-state index in [-0.39, 0.29) is 35.8 Å². The molecule has 32 heavy (non-hydrogen) atoms. The standard InChI is InChI=1S/C21H32N6O3S.HI/c1-4-22-21(23-16-20(25(2)3)18-8-6-5-7-9-18)26-11-13-27(14-12-26)31(28,29)17-19-10-15-30-24-19;/h5-10,15,20H,4,11-14,16-17H2,1-3H3,(H,22,23);1H. The number of sulfonamides is 1. The quantitative estimate of drug-likeness (QED) is 0.292. The van der Waals surface area contributed by atoms with Gasteiger partial charge in [0.05, 0.1) is 18.3 Å². The van der Waals surface area contributed by atoms with Crippen LogP contribution in [0.4, 0.5) is 0 Å². The van der Waals surface area contributed by atoms with Crippen LogP contribution in [0.2, 0.25) is 0 Å². The van der Waals surface area contributed by atoms with Crippen LogP contribution in [-0.2, 0) is 15.8 Å². The lowest BCUT2D eigenvalue weighted by Gasteiger charge is -2.36. The first-order chi connectivity index (χ1) is 14.9. The summed E-state index contributed by atoms with van der Waals surface area (Å²) in [5, 5.41) is 7.07. The number of likely N-dealkylation sites (N-methyl/N-ethyl adjacent to an activating group) is 1. The molecule has 0 amide bonds. The van der Waals surface area contributed by atoms with Gasteiger partial charge in [0.15, 0.2) is 5.96 Å². The van der Waals surface area contributed by atoms with E-state index in [0.29, 0.717) is 38.4 Å². The van der Waals surface area contributed by atoms with Crippen LogP contribution < -0.4 is 5.32 Å². The number of guanidine groups is 1. The highest BCUT2D eigenvalue weighted by Gasteiger charge is 2.29. The molecule has 1 fully saturated rings. The first kappa shape index (κ1) is 26.6. The van der Waals surface area contributed by atoms with Gasteiger partial charge < -0.3 is 19.6 Å². The number of nitrogens with one attached hydrogen (secondary N) is 1.